The Bertz CT molecular complexity index is 993. The summed E-state index contributed by atoms with van der Waals surface area (Å²) in [6.07, 6.45) is 2.62. The summed E-state index contributed by atoms with van der Waals surface area (Å²) in [4.78, 5) is 0. The summed E-state index contributed by atoms with van der Waals surface area (Å²) in [7, 11) is 3.78. The number of para-hydroxylation sites is 2. The molecule has 1 unspecified atom stereocenters. The van der Waals surface area contributed by atoms with Crippen LogP contribution in [0, 0.1) is 0 Å². The summed E-state index contributed by atoms with van der Waals surface area (Å²) in [6, 6.07) is 14.4. The van der Waals surface area contributed by atoms with Gasteiger partial charge >= 0.3 is 0 Å². The van der Waals surface area contributed by atoms with Crippen molar-refractivity contribution in [3.63, 3.8) is 0 Å². The van der Waals surface area contributed by atoms with Crippen LogP contribution in [0.25, 0.3) is 11.3 Å². The Balaban J connectivity index is 1.72. The zero-order valence-corrected chi connectivity index (χ0v) is 14.7. The van der Waals surface area contributed by atoms with Crippen LogP contribution in [-0.4, -0.2) is 37.8 Å². The summed E-state index contributed by atoms with van der Waals surface area (Å²) >= 11 is 0. The number of aryl methyl sites for hydroxylation is 1. The van der Waals surface area contributed by atoms with Crippen molar-refractivity contribution in [2.45, 2.75) is 12.5 Å². The van der Waals surface area contributed by atoms with Gasteiger partial charge in [-0.25, -0.2) is 0 Å². The number of hydrogen-bond acceptors (Lipinski definition) is 5. The number of nitrogens with zero attached hydrogens (tertiary/aromatic N) is 4. The van der Waals surface area contributed by atoms with Gasteiger partial charge in [-0.05, 0) is 24.3 Å². The maximum absolute atomic E-state index is 10.2. The SMILES string of the molecule is CN1N=C(c2ccccc2O)CC1c1cn(C)nc1-c1ccccc1O. The minimum absolute atomic E-state index is 0.0205. The summed E-state index contributed by atoms with van der Waals surface area (Å²) < 4.78 is 1.75. The van der Waals surface area contributed by atoms with E-state index in [2.05, 4.69) is 10.2 Å². The molecule has 6 heteroatoms. The fourth-order valence-corrected chi connectivity index (χ4v) is 3.44. The number of phenols is 2. The van der Waals surface area contributed by atoms with Gasteiger partial charge in [0, 0.05) is 43.4 Å². The molecule has 26 heavy (non-hydrogen) atoms. The molecule has 0 saturated heterocycles. The van der Waals surface area contributed by atoms with E-state index in [1.54, 1.807) is 28.9 Å². The lowest BCUT2D eigenvalue weighted by Gasteiger charge is -2.18. The normalized spacial score (nSPS) is 16.8. The Kier molecular flexibility index (Phi) is 3.88. The third-order valence-electron chi connectivity index (χ3n) is 4.71. The first-order chi connectivity index (χ1) is 12.5. The number of aromatic hydroxyl groups is 2. The van der Waals surface area contributed by atoms with Crippen molar-refractivity contribution in [1.82, 2.24) is 14.8 Å². The van der Waals surface area contributed by atoms with Gasteiger partial charge in [0.1, 0.15) is 17.2 Å². The van der Waals surface area contributed by atoms with Gasteiger partial charge in [0.15, 0.2) is 0 Å². The van der Waals surface area contributed by atoms with Crippen molar-refractivity contribution in [2.24, 2.45) is 12.1 Å². The average molecular weight is 348 g/mol. The Morgan fingerprint density at radius 3 is 2.19 bits per heavy atom. The summed E-state index contributed by atoms with van der Waals surface area (Å²) in [5, 5.41) is 31.5. The lowest BCUT2D eigenvalue weighted by atomic mass is 9.96. The molecule has 2 aromatic carbocycles. The minimum Gasteiger partial charge on any atom is -0.507 e. The Labute approximate surface area is 151 Å². The first kappa shape index (κ1) is 16.2. The van der Waals surface area contributed by atoms with E-state index in [4.69, 9.17) is 0 Å². The molecule has 1 atom stereocenters. The predicted octanol–water partition coefficient (Wildman–Crippen LogP) is 3.28. The minimum atomic E-state index is -0.0205. The van der Waals surface area contributed by atoms with Gasteiger partial charge in [-0.3, -0.25) is 9.69 Å². The second kappa shape index (κ2) is 6.22. The third kappa shape index (κ3) is 2.69. The number of rotatable bonds is 3. The zero-order valence-electron chi connectivity index (χ0n) is 14.7. The maximum Gasteiger partial charge on any atom is 0.125 e. The Morgan fingerprint density at radius 2 is 1.54 bits per heavy atom. The van der Waals surface area contributed by atoms with Crippen LogP contribution < -0.4 is 0 Å². The smallest absolute Gasteiger partial charge is 0.125 e. The standard InChI is InChI=1S/C20H20N4O2/c1-23-12-15(20(22-23)14-8-4-6-10-19(14)26)17-11-16(21-24(17)2)13-7-3-5-9-18(13)25/h3-10,12,17,25-26H,11H2,1-2H3. The molecule has 4 rings (SSSR count). The van der Waals surface area contributed by atoms with Gasteiger partial charge in [0.05, 0.1) is 11.8 Å². The Hall–Kier alpha value is -3.28. The number of aromatic nitrogens is 2. The number of phenolic OH excluding ortho intramolecular Hbond substituents is 2. The van der Waals surface area contributed by atoms with Crippen LogP contribution in [0.2, 0.25) is 0 Å². The fourth-order valence-electron chi connectivity index (χ4n) is 3.44. The van der Waals surface area contributed by atoms with Crippen molar-refractivity contribution < 1.29 is 10.2 Å². The van der Waals surface area contributed by atoms with Crippen molar-refractivity contribution in [3.05, 3.63) is 65.9 Å². The van der Waals surface area contributed by atoms with Crippen LogP contribution in [-0.2, 0) is 7.05 Å². The molecule has 0 fully saturated rings. The number of benzene rings is 2. The molecule has 1 aliphatic rings. The number of hydrazone groups is 1. The lowest BCUT2D eigenvalue weighted by Crippen LogP contribution is -2.14. The van der Waals surface area contributed by atoms with E-state index >= 15 is 0 Å². The quantitative estimate of drug-likeness (QED) is 0.762. The Morgan fingerprint density at radius 1 is 0.923 bits per heavy atom. The second-order valence-corrected chi connectivity index (χ2v) is 6.48. The molecule has 6 nitrogen and oxygen atoms in total. The van der Waals surface area contributed by atoms with Crippen molar-refractivity contribution >= 4 is 5.71 Å². The maximum atomic E-state index is 10.2. The largest absolute Gasteiger partial charge is 0.507 e. The third-order valence-corrected chi connectivity index (χ3v) is 4.71. The summed E-state index contributed by atoms with van der Waals surface area (Å²) in [6.45, 7) is 0. The molecule has 0 bridgehead atoms. The topological polar surface area (TPSA) is 73.9 Å². The zero-order chi connectivity index (χ0) is 18.3. The molecule has 1 aromatic heterocycles. The van der Waals surface area contributed by atoms with Gasteiger partial charge in [0.2, 0.25) is 0 Å². The van der Waals surface area contributed by atoms with Crippen LogP contribution in [0.15, 0.2) is 59.8 Å². The van der Waals surface area contributed by atoms with Gasteiger partial charge in [-0.2, -0.15) is 10.2 Å². The van der Waals surface area contributed by atoms with E-state index in [1.165, 1.54) is 0 Å². The van der Waals surface area contributed by atoms with Crippen LogP contribution in [0.1, 0.15) is 23.6 Å². The van der Waals surface area contributed by atoms with E-state index < -0.39 is 0 Å². The lowest BCUT2D eigenvalue weighted by molar-refractivity contribution is 0.290. The van der Waals surface area contributed by atoms with Crippen molar-refractivity contribution in [1.29, 1.82) is 0 Å². The molecule has 0 saturated carbocycles. The molecule has 0 spiro atoms. The van der Waals surface area contributed by atoms with Crippen LogP contribution in [0.4, 0.5) is 0 Å². The fraction of sp³-hybridized carbons (Fsp3) is 0.200. The molecule has 2 heterocycles. The van der Waals surface area contributed by atoms with E-state index in [0.29, 0.717) is 12.0 Å². The highest BCUT2D eigenvalue weighted by atomic mass is 16.3. The molecule has 3 aromatic rings. The van der Waals surface area contributed by atoms with Gasteiger partial charge in [-0.1, -0.05) is 24.3 Å². The molecule has 0 radical (unpaired) electrons. The highest BCUT2D eigenvalue weighted by Gasteiger charge is 2.31. The van der Waals surface area contributed by atoms with Gasteiger partial charge in [0.25, 0.3) is 0 Å². The first-order valence-electron chi connectivity index (χ1n) is 8.45. The van der Waals surface area contributed by atoms with E-state index in [9.17, 15) is 10.2 Å². The molecule has 0 aliphatic carbocycles. The van der Waals surface area contributed by atoms with E-state index in [-0.39, 0.29) is 17.5 Å². The average Bonchev–Trinajstić information content (AvgIpc) is 3.18. The van der Waals surface area contributed by atoms with Crippen molar-refractivity contribution in [2.75, 3.05) is 7.05 Å². The molecular weight excluding hydrogens is 328 g/mol. The number of hydrogen-bond donors (Lipinski definition) is 2. The van der Waals surface area contributed by atoms with Gasteiger partial charge < -0.3 is 10.2 Å². The van der Waals surface area contributed by atoms with Gasteiger partial charge in [-0.15, -0.1) is 0 Å². The summed E-state index contributed by atoms with van der Waals surface area (Å²) in [5.41, 5.74) is 4.02. The van der Waals surface area contributed by atoms with E-state index in [0.717, 1.165) is 22.5 Å². The summed E-state index contributed by atoms with van der Waals surface area (Å²) in [5.74, 6) is 0.433. The monoisotopic (exact) mass is 348 g/mol. The van der Waals surface area contributed by atoms with E-state index in [1.807, 2.05) is 49.6 Å². The molecular formula is C20H20N4O2. The molecule has 2 N–H and O–H groups in total. The highest BCUT2D eigenvalue weighted by Crippen LogP contribution is 2.39. The van der Waals surface area contributed by atoms with Crippen LogP contribution >= 0.6 is 0 Å². The van der Waals surface area contributed by atoms with Crippen LogP contribution in [0.3, 0.4) is 0 Å². The molecule has 0 amide bonds. The van der Waals surface area contributed by atoms with Crippen LogP contribution in [0.5, 0.6) is 11.5 Å². The first-order valence-corrected chi connectivity index (χ1v) is 8.45. The molecule has 132 valence electrons. The predicted molar refractivity (Wildman–Crippen MR) is 100 cm³/mol. The highest BCUT2D eigenvalue weighted by molar-refractivity contribution is 6.04. The second-order valence-electron chi connectivity index (χ2n) is 6.48. The van der Waals surface area contributed by atoms with Crippen molar-refractivity contribution in [3.8, 4) is 22.8 Å². The molecule has 1 aliphatic heterocycles.